The second-order valence-corrected chi connectivity index (χ2v) is 5.74. The number of nitrogens with one attached hydrogen (secondary N) is 2. The Morgan fingerprint density at radius 1 is 1.04 bits per heavy atom. The van der Waals surface area contributed by atoms with E-state index in [4.69, 9.17) is 14.2 Å². The molecular weight excluding hydrogens is 336 g/mol. The van der Waals surface area contributed by atoms with Crippen molar-refractivity contribution in [3.05, 3.63) is 48.0 Å². The molecule has 0 saturated heterocycles. The predicted octanol–water partition coefficient (Wildman–Crippen LogP) is 2.11. The molecule has 0 radical (unpaired) electrons. The number of carbonyl (C=O) groups is 2. The van der Waals surface area contributed by atoms with Crippen molar-refractivity contribution in [1.82, 2.24) is 5.32 Å². The lowest BCUT2D eigenvalue weighted by Crippen LogP contribution is -2.28. The summed E-state index contributed by atoms with van der Waals surface area (Å²) in [5.74, 6) is 1.69. The standard InChI is InChI=1S/C19H20N2O5/c1-24-15-5-2-13(3-6-15)10-19(23)20-9-8-18(22)21-14-4-7-16-17(11-14)26-12-25-16/h2-7,11H,8-10,12H2,1H3,(H,20,23)(H,21,22). The summed E-state index contributed by atoms with van der Waals surface area (Å²) in [6.07, 6.45) is 0.441. The van der Waals surface area contributed by atoms with Gasteiger partial charge in [0.15, 0.2) is 11.5 Å². The number of benzene rings is 2. The molecule has 7 heteroatoms. The minimum Gasteiger partial charge on any atom is -0.497 e. The van der Waals surface area contributed by atoms with E-state index in [0.29, 0.717) is 17.2 Å². The molecule has 26 heavy (non-hydrogen) atoms. The van der Waals surface area contributed by atoms with Gasteiger partial charge in [-0.1, -0.05) is 12.1 Å². The van der Waals surface area contributed by atoms with Gasteiger partial charge >= 0.3 is 0 Å². The number of amides is 2. The highest BCUT2D eigenvalue weighted by atomic mass is 16.7. The maximum absolute atomic E-state index is 12.0. The molecule has 0 spiro atoms. The first-order valence-corrected chi connectivity index (χ1v) is 8.23. The number of methoxy groups -OCH3 is 1. The van der Waals surface area contributed by atoms with Crippen LogP contribution < -0.4 is 24.8 Å². The van der Waals surface area contributed by atoms with Gasteiger partial charge < -0.3 is 24.8 Å². The van der Waals surface area contributed by atoms with Crippen LogP contribution in [0.4, 0.5) is 5.69 Å². The van der Waals surface area contributed by atoms with E-state index >= 15 is 0 Å². The molecule has 7 nitrogen and oxygen atoms in total. The van der Waals surface area contributed by atoms with Crippen LogP contribution in [0.5, 0.6) is 17.2 Å². The Balaban J connectivity index is 1.39. The molecule has 1 heterocycles. The monoisotopic (exact) mass is 356 g/mol. The van der Waals surface area contributed by atoms with Crippen LogP contribution in [-0.4, -0.2) is 32.3 Å². The van der Waals surface area contributed by atoms with Crippen LogP contribution in [-0.2, 0) is 16.0 Å². The van der Waals surface area contributed by atoms with Gasteiger partial charge in [-0.25, -0.2) is 0 Å². The number of anilines is 1. The van der Waals surface area contributed by atoms with Crippen molar-refractivity contribution in [3.8, 4) is 17.2 Å². The van der Waals surface area contributed by atoms with Gasteiger partial charge in [-0.3, -0.25) is 9.59 Å². The van der Waals surface area contributed by atoms with E-state index in [1.54, 1.807) is 37.4 Å². The molecule has 0 unspecified atom stereocenters. The summed E-state index contributed by atoms with van der Waals surface area (Å²) in [6, 6.07) is 12.5. The number of ether oxygens (including phenoxy) is 3. The van der Waals surface area contributed by atoms with E-state index in [0.717, 1.165) is 11.3 Å². The van der Waals surface area contributed by atoms with E-state index in [9.17, 15) is 9.59 Å². The average molecular weight is 356 g/mol. The van der Waals surface area contributed by atoms with Crippen molar-refractivity contribution in [3.63, 3.8) is 0 Å². The van der Waals surface area contributed by atoms with Gasteiger partial charge in [0.25, 0.3) is 0 Å². The number of fused-ring (bicyclic) bond motifs is 1. The van der Waals surface area contributed by atoms with Gasteiger partial charge in [-0.2, -0.15) is 0 Å². The highest BCUT2D eigenvalue weighted by Crippen LogP contribution is 2.34. The van der Waals surface area contributed by atoms with Crippen LogP contribution in [0.15, 0.2) is 42.5 Å². The highest BCUT2D eigenvalue weighted by molar-refractivity contribution is 5.91. The second kappa shape index (κ2) is 8.24. The largest absolute Gasteiger partial charge is 0.497 e. The fraction of sp³-hybridized carbons (Fsp3) is 0.263. The molecule has 0 saturated carbocycles. The average Bonchev–Trinajstić information content (AvgIpc) is 3.10. The SMILES string of the molecule is COc1ccc(CC(=O)NCCC(=O)Nc2ccc3c(c2)OCO3)cc1. The quantitative estimate of drug-likeness (QED) is 0.794. The van der Waals surface area contributed by atoms with E-state index in [1.165, 1.54) is 0 Å². The fourth-order valence-corrected chi connectivity index (χ4v) is 2.50. The van der Waals surface area contributed by atoms with E-state index in [-0.39, 0.29) is 38.0 Å². The first kappa shape index (κ1) is 17.6. The summed E-state index contributed by atoms with van der Waals surface area (Å²) in [7, 11) is 1.59. The number of hydrogen-bond acceptors (Lipinski definition) is 5. The van der Waals surface area contributed by atoms with E-state index in [2.05, 4.69) is 10.6 Å². The van der Waals surface area contributed by atoms with Crippen molar-refractivity contribution in [1.29, 1.82) is 0 Å². The smallest absolute Gasteiger partial charge is 0.231 e. The van der Waals surface area contributed by atoms with Crippen LogP contribution in [0.3, 0.4) is 0 Å². The third-order valence-electron chi connectivity index (χ3n) is 3.85. The summed E-state index contributed by atoms with van der Waals surface area (Å²) in [5, 5.41) is 5.51. The maximum Gasteiger partial charge on any atom is 0.231 e. The first-order chi connectivity index (χ1) is 12.6. The van der Waals surface area contributed by atoms with Gasteiger partial charge in [-0.05, 0) is 29.8 Å². The Hall–Kier alpha value is -3.22. The molecular formula is C19H20N2O5. The number of hydrogen-bond donors (Lipinski definition) is 2. The lowest BCUT2D eigenvalue weighted by molar-refractivity contribution is -0.120. The molecule has 0 aromatic heterocycles. The molecule has 2 aromatic carbocycles. The summed E-state index contributed by atoms with van der Waals surface area (Å²) in [5.41, 5.74) is 1.51. The van der Waals surface area contributed by atoms with Gasteiger partial charge in [0.05, 0.1) is 13.5 Å². The normalized spacial score (nSPS) is 11.7. The third kappa shape index (κ3) is 4.66. The zero-order valence-electron chi connectivity index (χ0n) is 14.4. The Labute approximate surface area is 151 Å². The van der Waals surface area contributed by atoms with Gasteiger partial charge in [0.1, 0.15) is 5.75 Å². The molecule has 0 atom stereocenters. The molecule has 0 bridgehead atoms. The topological polar surface area (TPSA) is 85.9 Å². The van der Waals surface area contributed by atoms with Crippen molar-refractivity contribution >= 4 is 17.5 Å². The molecule has 2 amide bonds. The van der Waals surface area contributed by atoms with E-state index in [1.807, 2.05) is 12.1 Å². The molecule has 1 aliphatic rings. The van der Waals surface area contributed by atoms with Crippen LogP contribution in [0.1, 0.15) is 12.0 Å². The van der Waals surface area contributed by atoms with Crippen LogP contribution in [0.2, 0.25) is 0 Å². The molecule has 2 N–H and O–H groups in total. The summed E-state index contributed by atoms with van der Waals surface area (Å²) >= 11 is 0. The van der Waals surface area contributed by atoms with Crippen molar-refractivity contribution in [2.45, 2.75) is 12.8 Å². The van der Waals surface area contributed by atoms with Crippen molar-refractivity contribution in [2.75, 3.05) is 25.8 Å². The van der Waals surface area contributed by atoms with Gasteiger partial charge in [0.2, 0.25) is 18.6 Å². The molecule has 3 rings (SSSR count). The maximum atomic E-state index is 12.0. The van der Waals surface area contributed by atoms with Gasteiger partial charge in [0, 0.05) is 24.7 Å². The summed E-state index contributed by atoms with van der Waals surface area (Å²) in [6.45, 7) is 0.457. The Kier molecular flexibility index (Phi) is 5.58. The summed E-state index contributed by atoms with van der Waals surface area (Å²) in [4.78, 5) is 23.9. The fourth-order valence-electron chi connectivity index (χ4n) is 2.50. The van der Waals surface area contributed by atoms with Crippen molar-refractivity contribution < 1.29 is 23.8 Å². The van der Waals surface area contributed by atoms with Crippen molar-refractivity contribution in [2.24, 2.45) is 0 Å². The Morgan fingerprint density at radius 3 is 2.58 bits per heavy atom. The second-order valence-electron chi connectivity index (χ2n) is 5.74. The minimum absolute atomic E-state index is 0.133. The zero-order valence-corrected chi connectivity index (χ0v) is 14.4. The lowest BCUT2D eigenvalue weighted by atomic mass is 10.1. The number of carbonyl (C=O) groups excluding carboxylic acids is 2. The minimum atomic E-state index is -0.186. The molecule has 136 valence electrons. The van der Waals surface area contributed by atoms with Crippen LogP contribution >= 0.6 is 0 Å². The Morgan fingerprint density at radius 2 is 1.81 bits per heavy atom. The molecule has 1 aliphatic heterocycles. The predicted molar refractivity (Wildman–Crippen MR) is 95.5 cm³/mol. The summed E-state index contributed by atoms with van der Waals surface area (Å²) < 4.78 is 15.6. The molecule has 2 aromatic rings. The number of rotatable bonds is 7. The van der Waals surface area contributed by atoms with Crippen LogP contribution in [0.25, 0.3) is 0 Å². The van der Waals surface area contributed by atoms with Crippen LogP contribution in [0, 0.1) is 0 Å². The van der Waals surface area contributed by atoms with Gasteiger partial charge in [-0.15, -0.1) is 0 Å². The van der Waals surface area contributed by atoms with E-state index < -0.39 is 0 Å². The first-order valence-electron chi connectivity index (χ1n) is 8.23. The zero-order chi connectivity index (χ0) is 18.4. The third-order valence-corrected chi connectivity index (χ3v) is 3.85. The Bertz CT molecular complexity index is 789. The molecule has 0 fully saturated rings. The molecule has 0 aliphatic carbocycles. The highest BCUT2D eigenvalue weighted by Gasteiger charge is 2.14. The lowest BCUT2D eigenvalue weighted by Gasteiger charge is -2.08.